The molecule has 1 aliphatic rings. The lowest BCUT2D eigenvalue weighted by Crippen LogP contribution is -2.33. The monoisotopic (exact) mass is 269 g/mol. The molecule has 1 heterocycles. The molecule has 1 aliphatic heterocycles. The lowest BCUT2D eigenvalue weighted by molar-refractivity contribution is 0.0949. The molecule has 1 aromatic carbocycles. The average Bonchev–Trinajstić information content (AvgIpc) is 2.80. The van der Waals surface area contributed by atoms with Gasteiger partial charge in [-0.3, -0.25) is 0 Å². The van der Waals surface area contributed by atoms with E-state index >= 15 is 0 Å². The number of rotatable bonds is 5. The van der Waals surface area contributed by atoms with Crippen LogP contribution in [0.15, 0.2) is 18.2 Å². The Bertz CT molecular complexity index is 425. The van der Waals surface area contributed by atoms with Crippen molar-refractivity contribution in [2.24, 2.45) is 5.92 Å². The molecule has 19 heavy (non-hydrogen) atoms. The minimum atomic E-state index is -0.397. The molecule has 2 rings (SSSR count). The van der Waals surface area contributed by atoms with Crippen molar-refractivity contribution in [3.63, 3.8) is 0 Å². The van der Waals surface area contributed by atoms with Gasteiger partial charge in [-0.05, 0) is 44.5 Å². The maximum atomic E-state index is 14.0. The Kier molecular flexibility index (Phi) is 4.88. The van der Waals surface area contributed by atoms with E-state index < -0.39 is 5.82 Å². The highest BCUT2D eigenvalue weighted by Crippen LogP contribution is 2.34. The number of ether oxygens (including phenoxy) is 1. The van der Waals surface area contributed by atoms with Crippen molar-refractivity contribution in [1.29, 1.82) is 0 Å². The van der Waals surface area contributed by atoms with E-state index in [1.165, 1.54) is 12.1 Å². The molecule has 1 N–H and O–H groups in total. The first kappa shape index (κ1) is 14.4. The van der Waals surface area contributed by atoms with Crippen LogP contribution < -0.4 is 5.32 Å². The second kappa shape index (κ2) is 6.44. The van der Waals surface area contributed by atoms with Gasteiger partial charge in [-0.2, -0.15) is 0 Å². The Morgan fingerprint density at radius 2 is 2.21 bits per heavy atom. The molecule has 3 unspecified atom stereocenters. The standard InChI is InChI=1S/C15H21F2NO/c1-3-7-18-15(12-6-8-19-10(12)2)13-9-11(16)4-5-14(13)17/h4-5,9-10,12,15,18H,3,6-8H2,1-2H3. The smallest absolute Gasteiger partial charge is 0.128 e. The average molecular weight is 269 g/mol. The molecule has 1 aromatic rings. The highest BCUT2D eigenvalue weighted by molar-refractivity contribution is 5.23. The Morgan fingerprint density at radius 1 is 1.42 bits per heavy atom. The van der Waals surface area contributed by atoms with Gasteiger partial charge >= 0.3 is 0 Å². The Balaban J connectivity index is 2.28. The summed E-state index contributed by atoms with van der Waals surface area (Å²) in [5, 5.41) is 3.34. The van der Waals surface area contributed by atoms with Crippen molar-refractivity contribution in [2.75, 3.05) is 13.2 Å². The molecule has 0 saturated carbocycles. The lowest BCUT2D eigenvalue weighted by atomic mass is 9.88. The molecule has 0 aromatic heterocycles. The SMILES string of the molecule is CCCNC(c1cc(F)ccc1F)C1CCOC1C. The first-order chi connectivity index (χ1) is 9.13. The molecule has 0 bridgehead atoms. The topological polar surface area (TPSA) is 21.3 Å². The van der Waals surface area contributed by atoms with Gasteiger partial charge in [-0.25, -0.2) is 8.78 Å². The summed E-state index contributed by atoms with van der Waals surface area (Å²) >= 11 is 0. The van der Waals surface area contributed by atoms with Gasteiger partial charge < -0.3 is 10.1 Å². The molecule has 4 heteroatoms. The maximum absolute atomic E-state index is 14.0. The molecule has 0 spiro atoms. The van der Waals surface area contributed by atoms with Gasteiger partial charge in [0, 0.05) is 24.1 Å². The zero-order valence-electron chi connectivity index (χ0n) is 11.5. The van der Waals surface area contributed by atoms with Crippen LogP contribution in [0.5, 0.6) is 0 Å². The van der Waals surface area contributed by atoms with Crippen molar-refractivity contribution in [2.45, 2.75) is 38.8 Å². The Morgan fingerprint density at radius 3 is 2.84 bits per heavy atom. The third kappa shape index (κ3) is 3.31. The third-order valence-corrected chi connectivity index (χ3v) is 3.77. The van der Waals surface area contributed by atoms with E-state index in [0.29, 0.717) is 12.2 Å². The Labute approximate surface area is 113 Å². The second-order valence-electron chi connectivity index (χ2n) is 5.13. The zero-order chi connectivity index (χ0) is 13.8. The van der Waals surface area contributed by atoms with E-state index in [1.807, 2.05) is 6.92 Å². The van der Waals surface area contributed by atoms with E-state index in [0.717, 1.165) is 25.5 Å². The fourth-order valence-corrected chi connectivity index (χ4v) is 2.73. The fraction of sp³-hybridized carbons (Fsp3) is 0.600. The first-order valence-corrected chi connectivity index (χ1v) is 6.93. The Hall–Kier alpha value is -1.00. The van der Waals surface area contributed by atoms with Gasteiger partial charge in [-0.15, -0.1) is 0 Å². The van der Waals surface area contributed by atoms with E-state index in [-0.39, 0.29) is 23.9 Å². The molecule has 0 amide bonds. The molecule has 0 aliphatic carbocycles. The summed E-state index contributed by atoms with van der Waals surface area (Å²) in [7, 11) is 0. The third-order valence-electron chi connectivity index (χ3n) is 3.77. The van der Waals surface area contributed by atoms with Crippen LogP contribution in [0.2, 0.25) is 0 Å². The van der Waals surface area contributed by atoms with Gasteiger partial charge in [-0.1, -0.05) is 6.92 Å². The van der Waals surface area contributed by atoms with E-state index in [9.17, 15) is 8.78 Å². The second-order valence-corrected chi connectivity index (χ2v) is 5.13. The van der Waals surface area contributed by atoms with Crippen LogP contribution in [0.4, 0.5) is 8.78 Å². The largest absolute Gasteiger partial charge is 0.378 e. The number of nitrogens with one attached hydrogen (secondary N) is 1. The highest BCUT2D eigenvalue weighted by Gasteiger charge is 2.33. The summed E-state index contributed by atoms with van der Waals surface area (Å²) in [5.41, 5.74) is 0.413. The van der Waals surface area contributed by atoms with Gasteiger partial charge in [0.25, 0.3) is 0 Å². The van der Waals surface area contributed by atoms with Gasteiger partial charge in [0.1, 0.15) is 11.6 Å². The van der Waals surface area contributed by atoms with Crippen LogP contribution in [0.3, 0.4) is 0 Å². The van der Waals surface area contributed by atoms with Crippen molar-refractivity contribution in [3.05, 3.63) is 35.4 Å². The summed E-state index contributed by atoms with van der Waals surface area (Å²) in [4.78, 5) is 0. The van der Waals surface area contributed by atoms with Crippen LogP contribution in [0.25, 0.3) is 0 Å². The van der Waals surface area contributed by atoms with Gasteiger partial charge in [0.05, 0.1) is 6.10 Å². The van der Waals surface area contributed by atoms with Crippen molar-refractivity contribution >= 4 is 0 Å². The van der Waals surface area contributed by atoms with Crippen LogP contribution >= 0.6 is 0 Å². The lowest BCUT2D eigenvalue weighted by Gasteiger charge is -2.27. The van der Waals surface area contributed by atoms with E-state index in [4.69, 9.17) is 4.74 Å². The minimum absolute atomic E-state index is 0.0667. The molecular formula is C15H21F2NO. The van der Waals surface area contributed by atoms with Crippen LogP contribution in [-0.4, -0.2) is 19.3 Å². The molecular weight excluding hydrogens is 248 g/mol. The predicted octanol–water partition coefficient (Wildman–Crippen LogP) is 3.43. The van der Waals surface area contributed by atoms with Crippen molar-refractivity contribution < 1.29 is 13.5 Å². The summed E-state index contributed by atoms with van der Waals surface area (Å²) in [6, 6.07) is 3.47. The summed E-state index contributed by atoms with van der Waals surface area (Å²) in [6.07, 6.45) is 1.89. The van der Waals surface area contributed by atoms with Gasteiger partial charge in [0.2, 0.25) is 0 Å². The molecule has 2 nitrogen and oxygen atoms in total. The fourth-order valence-electron chi connectivity index (χ4n) is 2.73. The first-order valence-electron chi connectivity index (χ1n) is 6.93. The molecule has 1 saturated heterocycles. The number of hydrogen-bond acceptors (Lipinski definition) is 2. The quantitative estimate of drug-likeness (QED) is 0.884. The van der Waals surface area contributed by atoms with E-state index in [1.54, 1.807) is 0 Å². The number of benzene rings is 1. The molecule has 1 fully saturated rings. The van der Waals surface area contributed by atoms with Crippen molar-refractivity contribution in [1.82, 2.24) is 5.32 Å². The highest BCUT2D eigenvalue weighted by atomic mass is 19.1. The molecule has 106 valence electrons. The summed E-state index contributed by atoms with van der Waals surface area (Å²) in [6.45, 7) is 5.52. The number of halogens is 2. The summed E-state index contributed by atoms with van der Waals surface area (Å²) < 4.78 is 32.9. The summed E-state index contributed by atoms with van der Waals surface area (Å²) in [5.74, 6) is -0.566. The van der Waals surface area contributed by atoms with Crippen LogP contribution in [0.1, 0.15) is 38.3 Å². The van der Waals surface area contributed by atoms with Crippen LogP contribution in [0, 0.1) is 17.6 Å². The maximum Gasteiger partial charge on any atom is 0.128 e. The molecule has 3 atom stereocenters. The van der Waals surface area contributed by atoms with Crippen molar-refractivity contribution in [3.8, 4) is 0 Å². The van der Waals surface area contributed by atoms with Crippen LogP contribution in [-0.2, 0) is 4.74 Å². The number of hydrogen-bond donors (Lipinski definition) is 1. The molecule has 0 radical (unpaired) electrons. The normalized spacial score (nSPS) is 24.6. The minimum Gasteiger partial charge on any atom is -0.378 e. The predicted molar refractivity (Wildman–Crippen MR) is 70.9 cm³/mol. The zero-order valence-corrected chi connectivity index (χ0v) is 11.5. The van der Waals surface area contributed by atoms with Gasteiger partial charge in [0.15, 0.2) is 0 Å². The van der Waals surface area contributed by atoms with E-state index in [2.05, 4.69) is 12.2 Å².